The molecule has 0 fully saturated rings. The van der Waals surface area contributed by atoms with Crippen molar-refractivity contribution in [1.82, 2.24) is 4.57 Å². The second-order valence-corrected chi connectivity index (χ2v) is 5.25. The van der Waals surface area contributed by atoms with Gasteiger partial charge in [-0.2, -0.15) is 0 Å². The Labute approximate surface area is 142 Å². The highest BCUT2D eigenvalue weighted by atomic mass is 79.9. The Hall–Kier alpha value is -1.89. The van der Waals surface area contributed by atoms with Crippen molar-refractivity contribution in [3.63, 3.8) is 0 Å². The number of hydrogen-bond acceptors (Lipinski definition) is 4. The minimum atomic E-state index is -0.580. The Morgan fingerprint density at radius 3 is 2.39 bits per heavy atom. The highest BCUT2D eigenvalue weighted by molar-refractivity contribution is 9.10. The third-order valence-corrected chi connectivity index (χ3v) is 3.70. The van der Waals surface area contributed by atoms with Crippen molar-refractivity contribution in [1.29, 1.82) is 0 Å². The van der Waals surface area contributed by atoms with Gasteiger partial charge in [0.1, 0.15) is 11.6 Å². The van der Waals surface area contributed by atoms with Crippen LogP contribution in [0.15, 0.2) is 16.7 Å². The Balaban J connectivity index is 0.00000127. The van der Waals surface area contributed by atoms with Crippen molar-refractivity contribution in [2.45, 2.75) is 27.2 Å². The number of rotatable bonds is 3. The molecule has 5 nitrogen and oxygen atoms in total. The number of aromatic nitrogens is 1. The molecule has 0 saturated heterocycles. The summed E-state index contributed by atoms with van der Waals surface area (Å²) >= 11 is 3.22. The van der Waals surface area contributed by atoms with E-state index in [1.54, 1.807) is 0 Å². The number of carbonyl (C=O) groups is 2. The number of fused-ring (bicyclic) bond motifs is 1. The van der Waals surface area contributed by atoms with E-state index in [9.17, 15) is 14.0 Å². The van der Waals surface area contributed by atoms with Crippen LogP contribution in [0.4, 0.5) is 4.39 Å². The average molecular weight is 388 g/mol. The van der Waals surface area contributed by atoms with E-state index in [-0.39, 0.29) is 17.8 Å². The predicted molar refractivity (Wildman–Crippen MR) is 89.5 cm³/mol. The zero-order valence-electron chi connectivity index (χ0n) is 13.7. The lowest BCUT2D eigenvalue weighted by Crippen LogP contribution is -2.05. The molecule has 2 rings (SSSR count). The van der Waals surface area contributed by atoms with Gasteiger partial charge in [0.25, 0.3) is 0 Å². The lowest BCUT2D eigenvalue weighted by atomic mass is 10.1. The lowest BCUT2D eigenvalue weighted by molar-refractivity contribution is -0.139. The Morgan fingerprint density at radius 1 is 1.30 bits per heavy atom. The van der Waals surface area contributed by atoms with Gasteiger partial charge in [-0.15, -0.1) is 0 Å². The molecule has 0 bridgehead atoms. The van der Waals surface area contributed by atoms with Crippen LogP contribution in [-0.4, -0.2) is 30.7 Å². The molecule has 7 heteroatoms. The predicted octanol–water partition coefficient (Wildman–Crippen LogP) is 3.95. The summed E-state index contributed by atoms with van der Waals surface area (Å²) in [4.78, 5) is 23.2. The first-order chi connectivity index (χ1) is 10.9. The van der Waals surface area contributed by atoms with Crippen molar-refractivity contribution in [2.24, 2.45) is 0 Å². The maximum Gasteiger partial charge on any atom is 0.310 e. The molecule has 126 valence electrons. The summed E-state index contributed by atoms with van der Waals surface area (Å²) in [6, 6.07) is 1.22. The van der Waals surface area contributed by atoms with E-state index >= 15 is 0 Å². The zero-order chi connectivity index (χ0) is 17.7. The van der Waals surface area contributed by atoms with E-state index in [4.69, 9.17) is 4.74 Å². The van der Waals surface area contributed by atoms with Crippen LogP contribution >= 0.6 is 15.9 Å². The number of ether oxygens (including phenoxy) is 2. The fourth-order valence-corrected chi connectivity index (χ4v) is 2.78. The van der Waals surface area contributed by atoms with E-state index < -0.39 is 11.8 Å². The standard InChI is InChI=1S/C14H13BrFNO4.C2H6/c1-7(18)17-6-8(4-11(19)20-2)12-13(17)10(16)5-9(15)14(12)21-3;1-2/h5-6H,4H2,1-3H3;1-2H3. The van der Waals surface area contributed by atoms with Crippen molar-refractivity contribution < 1.29 is 23.5 Å². The zero-order valence-corrected chi connectivity index (χ0v) is 15.3. The summed E-state index contributed by atoms with van der Waals surface area (Å²) in [5, 5.41) is 0.380. The van der Waals surface area contributed by atoms with E-state index in [0.717, 1.165) is 4.57 Å². The summed E-state index contributed by atoms with van der Waals surface area (Å²) in [6.07, 6.45) is 1.35. The largest absolute Gasteiger partial charge is 0.495 e. The summed E-state index contributed by atoms with van der Waals surface area (Å²) in [7, 11) is 2.70. The third-order valence-electron chi connectivity index (χ3n) is 3.11. The minimum absolute atomic E-state index is 0.0838. The van der Waals surface area contributed by atoms with Crippen LogP contribution in [0.1, 0.15) is 31.1 Å². The lowest BCUT2D eigenvalue weighted by Gasteiger charge is -2.08. The SMILES string of the molecule is CC.COC(=O)Cc1cn(C(C)=O)c2c(F)cc(Br)c(OC)c12. The molecule has 0 radical (unpaired) electrons. The summed E-state index contributed by atoms with van der Waals surface area (Å²) in [5.41, 5.74) is 0.547. The van der Waals surface area contributed by atoms with Crippen LogP contribution in [0, 0.1) is 5.82 Å². The fourth-order valence-electron chi connectivity index (χ4n) is 2.22. The second kappa shape index (κ2) is 8.10. The van der Waals surface area contributed by atoms with Crippen LogP contribution in [-0.2, 0) is 16.0 Å². The number of carbonyl (C=O) groups excluding carboxylic acids is 2. The molecule has 0 amide bonds. The van der Waals surface area contributed by atoms with Gasteiger partial charge in [0, 0.05) is 13.1 Å². The van der Waals surface area contributed by atoms with E-state index in [0.29, 0.717) is 21.2 Å². The molecule has 2 aromatic rings. The number of benzene rings is 1. The first kappa shape index (κ1) is 19.2. The summed E-state index contributed by atoms with van der Waals surface area (Å²) < 4.78 is 25.7. The van der Waals surface area contributed by atoms with Gasteiger partial charge in [-0.05, 0) is 27.6 Å². The molecular weight excluding hydrogens is 369 g/mol. The van der Waals surface area contributed by atoms with Crippen molar-refractivity contribution >= 4 is 38.7 Å². The number of methoxy groups -OCH3 is 2. The smallest absolute Gasteiger partial charge is 0.310 e. The Kier molecular flexibility index (Phi) is 6.75. The molecule has 1 aromatic heterocycles. The van der Waals surface area contributed by atoms with E-state index in [1.165, 1.54) is 33.4 Å². The average Bonchev–Trinajstić information content (AvgIpc) is 2.89. The van der Waals surface area contributed by atoms with Gasteiger partial charge in [-0.3, -0.25) is 14.2 Å². The highest BCUT2D eigenvalue weighted by Gasteiger charge is 2.22. The van der Waals surface area contributed by atoms with Gasteiger partial charge < -0.3 is 9.47 Å². The highest BCUT2D eigenvalue weighted by Crippen LogP contribution is 2.38. The molecule has 0 aliphatic heterocycles. The topological polar surface area (TPSA) is 57.5 Å². The van der Waals surface area contributed by atoms with Crippen LogP contribution in [0.5, 0.6) is 5.75 Å². The monoisotopic (exact) mass is 387 g/mol. The first-order valence-electron chi connectivity index (χ1n) is 7.04. The Bertz CT molecular complexity index is 739. The fraction of sp³-hybridized carbons (Fsp3) is 0.375. The Morgan fingerprint density at radius 2 is 1.91 bits per heavy atom. The molecule has 0 spiro atoms. The van der Waals surface area contributed by atoms with Gasteiger partial charge in [0.2, 0.25) is 5.91 Å². The number of nitrogens with zero attached hydrogens (tertiary/aromatic N) is 1. The van der Waals surface area contributed by atoms with Crippen LogP contribution < -0.4 is 4.74 Å². The molecule has 0 N–H and O–H groups in total. The van der Waals surface area contributed by atoms with Crippen molar-refractivity contribution in [3.05, 3.63) is 28.1 Å². The van der Waals surface area contributed by atoms with Gasteiger partial charge in [-0.25, -0.2) is 4.39 Å². The van der Waals surface area contributed by atoms with E-state index in [1.807, 2.05) is 13.8 Å². The van der Waals surface area contributed by atoms with Crippen molar-refractivity contribution in [3.8, 4) is 5.75 Å². The number of hydrogen-bond donors (Lipinski definition) is 0. The van der Waals surface area contributed by atoms with Crippen LogP contribution in [0.2, 0.25) is 0 Å². The number of esters is 1. The molecule has 0 unspecified atom stereocenters. The molecule has 0 aliphatic rings. The summed E-state index contributed by atoms with van der Waals surface area (Å²) in [6.45, 7) is 5.31. The minimum Gasteiger partial charge on any atom is -0.495 e. The maximum atomic E-state index is 14.2. The van der Waals surface area contributed by atoms with Gasteiger partial charge in [-0.1, -0.05) is 13.8 Å². The molecule has 23 heavy (non-hydrogen) atoms. The van der Waals surface area contributed by atoms with Crippen LogP contribution in [0.25, 0.3) is 10.9 Å². The van der Waals surface area contributed by atoms with Gasteiger partial charge in [0.15, 0.2) is 0 Å². The molecule has 0 aliphatic carbocycles. The first-order valence-corrected chi connectivity index (χ1v) is 7.83. The van der Waals surface area contributed by atoms with Crippen molar-refractivity contribution in [2.75, 3.05) is 14.2 Å². The normalized spacial score (nSPS) is 10.0. The van der Waals surface area contributed by atoms with Gasteiger partial charge >= 0.3 is 5.97 Å². The molecule has 0 saturated carbocycles. The summed E-state index contributed by atoms with van der Waals surface area (Å²) in [5.74, 6) is -1.06. The van der Waals surface area contributed by atoms with Gasteiger partial charge in [0.05, 0.1) is 36.0 Å². The van der Waals surface area contributed by atoms with Crippen LogP contribution in [0.3, 0.4) is 0 Å². The maximum absolute atomic E-state index is 14.2. The third kappa shape index (κ3) is 3.72. The number of halogens is 2. The quantitative estimate of drug-likeness (QED) is 0.748. The molecule has 1 heterocycles. The molecular formula is C16H19BrFNO4. The molecule has 1 aromatic carbocycles. The second-order valence-electron chi connectivity index (χ2n) is 4.39. The van der Waals surface area contributed by atoms with E-state index in [2.05, 4.69) is 20.7 Å². The molecule has 0 atom stereocenters.